The minimum absolute atomic E-state index is 0.0738. The van der Waals surface area contributed by atoms with Crippen molar-refractivity contribution in [2.75, 3.05) is 38.7 Å². The van der Waals surface area contributed by atoms with E-state index in [1.165, 1.54) is 5.39 Å². The number of fused-ring (bicyclic) bond motifs is 1. The lowest BCUT2D eigenvalue weighted by molar-refractivity contribution is -0.0351. The molecule has 0 N–H and O–H groups in total. The van der Waals surface area contributed by atoms with E-state index < -0.39 is 0 Å². The lowest BCUT2D eigenvalue weighted by atomic mass is 10.1. The van der Waals surface area contributed by atoms with Gasteiger partial charge in [0.25, 0.3) is 0 Å². The normalized spacial score (nSPS) is 18.2. The van der Waals surface area contributed by atoms with Gasteiger partial charge < -0.3 is 9.64 Å². The molecule has 6 heteroatoms. The molecule has 0 spiro atoms. The molecule has 0 radical (unpaired) electrons. The van der Waals surface area contributed by atoms with E-state index in [-0.39, 0.29) is 6.10 Å². The summed E-state index contributed by atoms with van der Waals surface area (Å²) in [5, 5.41) is 1.17. The van der Waals surface area contributed by atoms with Crippen LogP contribution in [0.15, 0.2) is 48.8 Å². The van der Waals surface area contributed by atoms with Crippen LogP contribution in [-0.4, -0.2) is 53.6 Å². The molecule has 2 aromatic heterocycles. The van der Waals surface area contributed by atoms with E-state index in [2.05, 4.69) is 39.1 Å². The Labute approximate surface area is 153 Å². The molecule has 0 saturated carbocycles. The number of anilines is 1. The van der Waals surface area contributed by atoms with Gasteiger partial charge in [-0.25, -0.2) is 4.98 Å². The van der Waals surface area contributed by atoms with Gasteiger partial charge in [0.15, 0.2) is 5.82 Å². The first-order valence-electron chi connectivity index (χ1n) is 8.87. The summed E-state index contributed by atoms with van der Waals surface area (Å²) in [7, 11) is 3.96. The highest BCUT2D eigenvalue weighted by Gasteiger charge is 2.26. The summed E-state index contributed by atoms with van der Waals surface area (Å²) in [6.45, 7) is 3.17. The van der Waals surface area contributed by atoms with E-state index in [9.17, 15) is 0 Å². The summed E-state index contributed by atoms with van der Waals surface area (Å²) in [5.74, 6) is 0.864. The van der Waals surface area contributed by atoms with Crippen LogP contribution in [0.25, 0.3) is 10.9 Å². The van der Waals surface area contributed by atoms with Crippen LogP contribution in [0.4, 0.5) is 5.82 Å². The van der Waals surface area contributed by atoms with Crippen molar-refractivity contribution in [2.24, 2.45) is 0 Å². The number of hydrogen-bond donors (Lipinski definition) is 0. The fraction of sp³-hybridized carbons (Fsp3) is 0.350. The van der Waals surface area contributed by atoms with Gasteiger partial charge in [-0.1, -0.05) is 24.3 Å². The third-order valence-electron chi connectivity index (χ3n) is 4.63. The van der Waals surface area contributed by atoms with Crippen LogP contribution in [0.5, 0.6) is 0 Å². The topological polar surface area (TPSA) is 54.4 Å². The first-order chi connectivity index (χ1) is 12.7. The van der Waals surface area contributed by atoms with Gasteiger partial charge in [-0.15, -0.1) is 0 Å². The molecule has 1 unspecified atom stereocenters. The van der Waals surface area contributed by atoms with Crippen LogP contribution in [-0.2, 0) is 11.3 Å². The van der Waals surface area contributed by atoms with E-state index in [0.717, 1.165) is 42.4 Å². The molecule has 0 amide bonds. The Balaban J connectivity index is 1.51. The Morgan fingerprint density at radius 3 is 2.85 bits per heavy atom. The summed E-state index contributed by atoms with van der Waals surface area (Å²) in [6.07, 6.45) is 3.38. The predicted molar refractivity (Wildman–Crippen MR) is 102 cm³/mol. The standard InChI is InChI=1S/C20H23N5O/c1-24(2)20-19(21-9-10-22-20)18-14-25(11-12-26-18)13-16-8-7-15-5-3-4-6-17(15)23-16/h3-10,18H,11-14H2,1-2H3. The summed E-state index contributed by atoms with van der Waals surface area (Å²) in [6, 6.07) is 12.5. The number of para-hydroxylation sites is 1. The van der Waals surface area contributed by atoms with Gasteiger partial charge in [0.2, 0.25) is 0 Å². The summed E-state index contributed by atoms with van der Waals surface area (Å²) >= 11 is 0. The van der Waals surface area contributed by atoms with Gasteiger partial charge in [0, 0.05) is 51.5 Å². The van der Waals surface area contributed by atoms with Crippen molar-refractivity contribution in [1.82, 2.24) is 19.9 Å². The van der Waals surface area contributed by atoms with E-state index in [4.69, 9.17) is 9.72 Å². The second-order valence-corrected chi connectivity index (χ2v) is 6.75. The van der Waals surface area contributed by atoms with Crippen molar-refractivity contribution in [3.8, 4) is 0 Å². The molecular formula is C20H23N5O. The molecule has 1 fully saturated rings. The van der Waals surface area contributed by atoms with E-state index in [0.29, 0.717) is 6.61 Å². The second-order valence-electron chi connectivity index (χ2n) is 6.75. The molecule has 3 aromatic rings. The molecule has 6 nitrogen and oxygen atoms in total. The Hall–Kier alpha value is -2.57. The van der Waals surface area contributed by atoms with Crippen LogP contribution in [0.1, 0.15) is 17.5 Å². The Bertz CT molecular complexity index is 898. The second kappa shape index (κ2) is 7.35. The fourth-order valence-corrected chi connectivity index (χ4v) is 3.35. The molecule has 1 saturated heterocycles. The van der Waals surface area contributed by atoms with Crippen molar-refractivity contribution in [3.05, 3.63) is 60.2 Å². The van der Waals surface area contributed by atoms with Crippen LogP contribution in [0.3, 0.4) is 0 Å². The molecule has 4 rings (SSSR count). The zero-order valence-corrected chi connectivity index (χ0v) is 15.2. The number of nitrogens with zero attached hydrogens (tertiary/aromatic N) is 5. The molecular weight excluding hydrogens is 326 g/mol. The first-order valence-corrected chi connectivity index (χ1v) is 8.87. The highest BCUT2D eigenvalue weighted by Crippen LogP contribution is 2.27. The average Bonchev–Trinajstić information content (AvgIpc) is 2.68. The lowest BCUT2D eigenvalue weighted by Crippen LogP contribution is -2.38. The zero-order chi connectivity index (χ0) is 17.9. The third kappa shape index (κ3) is 3.52. The van der Waals surface area contributed by atoms with Crippen molar-refractivity contribution in [3.63, 3.8) is 0 Å². The third-order valence-corrected chi connectivity index (χ3v) is 4.63. The van der Waals surface area contributed by atoms with Gasteiger partial charge in [0.1, 0.15) is 11.8 Å². The summed E-state index contributed by atoms with van der Waals surface area (Å²) in [4.78, 5) is 18.1. The number of aromatic nitrogens is 3. The summed E-state index contributed by atoms with van der Waals surface area (Å²) < 4.78 is 6.00. The molecule has 0 bridgehead atoms. The van der Waals surface area contributed by atoms with Crippen LogP contribution < -0.4 is 4.90 Å². The molecule has 1 aliphatic rings. The minimum atomic E-state index is -0.0738. The Morgan fingerprint density at radius 1 is 1.12 bits per heavy atom. The zero-order valence-electron chi connectivity index (χ0n) is 15.2. The molecule has 1 aliphatic heterocycles. The first kappa shape index (κ1) is 16.9. The van der Waals surface area contributed by atoms with Gasteiger partial charge in [0.05, 0.1) is 17.8 Å². The molecule has 1 atom stereocenters. The molecule has 134 valence electrons. The maximum atomic E-state index is 6.00. The quantitative estimate of drug-likeness (QED) is 0.722. The van der Waals surface area contributed by atoms with Gasteiger partial charge in [-0.05, 0) is 12.1 Å². The van der Waals surface area contributed by atoms with Crippen LogP contribution in [0.2, 0.25) is 0 Å². The maximum Gasteiger partial charge on any atom is 0.152 e. The maximum absolute atomic E-state index is 6.00. The number of benzene rings is 1. The highest BCUT2D eigenvalue weighted by atomic mass is 16.5. The van der Waals surface area contributed by atoms with E-state index in [1.807, 2.05) is 31.1 Å². The monoisotopic (exact) mass is 349 g/mol. The van der Waals surface area contributed by atoms with Crippen molar-refractivity contribution >= 4 is 16.7 Å². The molecule has 1 aromatic carbocycles. The SMILES string of the molecule is CN(C)c1nccnc1C1CN(Cc2ccc3ccccc3n2)CCO1. The van der Waals surface area contributed by atoms with Crippen molar-refractivity contribution < 1.29 is 4.74 Å². The average molecular weight is 349 g/mol. The number of rotatable bonds is 4. The van der Waals surface area contributed by atoms with E-state index >= 15 is 0 Å². The minimum Gasteiger partial charge on any atom is -0.369 e. The van der Waals surface area contributed by atoms with Crippen molar-refractivity contribution in [1.29, 1.82) is 0 Å². The lowest BCUT2D eigenvalue weighted by Gasteiger charge is -2.33. The largest absolute Gasteiger partial charge is 0.369 e. The summed E-state index contributed by atoms with van der Waals surface area (Å²) in [5.41, 5.74) is 3.02. The smallest absolute Gasteiger partial charge is 0.152 e. The van der Waals surface area contributed by atoms with Crippen molar-refractivity contribution in [2.45, 2.75) is 12.6 Å². The molecule has 26 heavy (non-hydrogen) atoms. The number of hydrogen-bond acceptors (Lipinski definition) is 6. The Morgan fingerprint density at radius 2 is 1.96 bits per heavy atom. The fourth-order valence-electron chi connectivity index (χ4n) is 3.35. The predicted octanol–water partition coefficient (Wildman–Crippen LogP) is 2.66. The molecule has 0 aliphatic carbocycles. The molecule has 3 heterocycles. The number of ether oxygens (including phenoxy) is 1. The van der Waals surface area contributed by atoms with E-state index in [1.54, 1.807) is 12.4 Å². The van der Waals surface area contributed by atoms with Gasteiger partial charge in [-0.3, -0.25) is 14.9 Å². The van der Waals surface area contributed by atoms with Crippen LogP contribution >= 0.6 is 0 Å². The highest BCUT2D eigenvalue weighted by molar-refractivity contribution is 5.78. The van der Waals surface area contributed by atoms with Gasteiger partial charge in [-0.2, -0.15) is 0 Å². The number of morpholine rings is 1. The van der Waals surface area contributed by atoms with Gasteiger partial charge >= 0.3 is 0 Å². The van der Waals surface area contributed by atoms with Crippen LogP contribution in [0, 0.1) is 0 Å². The Kier molecular flexibility index (Phi) is 4.77. The number of pyridine rings is 1.